The Balaban J connectivity index is 2.80. The van der Waals surface area contributed by atoms with Crippen molar-refractivity contribution in [1.82, 2.24) is 4.98 Å². The topological polar surface area (TPSA) is 25.4 Å². The van der Waals surface area contributed by atoms with E-state index in [1.807, 2.05) is 0 Å². The van der Waals surface area contributed by atoms with E-state index in [0.29, 0.717) is 32.2 Å². The van der Waals surface area contributed by atoms with Crippen LogP contribution in [0, 0.1) is 0 Å². The summed E-state index contributed by atoms with van der Waals surface area (Å²) < 4.78 is 43.8. The molecule has 1 rings (SSSR count). The molecule has 1 aromatic heterocycles. The minimum absolute atomic E-state index is 0.0630. The maximum atomic E-state index is 12.9. The standard InChI is InChI=1S/C12H16ClF3N2O/c1-2-18(7-9-19-8-5-13)11-10(12(14,15)16)4-3-6-17-11/h3-4,6H,2,5,7-9H2,1H3. The number of hydrogen-bond acceptors (Lipinski definition) is 3. The molecule has 0 N–H and O–H groups in total. The van der Waals surface area contributed by atoms with Crippen LogP contribution in [0.25, 0.3) is 0 Å². The molecule has 0 aliphatic rings. The predicted octanol–water partition coefficient (Wildman–Crippen LogP) is 3.18. The van der Waals surface area contributed by atoms with Gasteiger partial charge < -0.3 is 9.64 Å². The molecule has 0 saturated carbocycles. The van der Waals surface area contributed by atoms with Crippen molar-refractivity contribution in [1.29, 1.82) is 0 Å². The zero-order valence-corrected chi connectivity index (χ0v) is 11.3. The van der Waals surface area contributed by atoms with Gasteiger partial charge in [-0.05, 0) is 19.1 Å². The average Bonchev–Trinajstić information content (AvgIpc) is 2.38. The lowest BCUT2D eigenvalue weighted by atomic mass is 10.2. The van der Waals surface area contributed by atoms with E-state index in [1.165, 1.54) is 17.2 Å². The second kappa shape index (κ2) is 7.55. The van der Waals surface area contributed by atoms with Gasteiger partial charge in [0.15, 0.2) is 0 Å². The van der Waals surface area contributed by atoms with Crippen molar-refractivity contribution < 1.29 is 17.9 Å². The van der Waals surface area contributed by atoms with E-state index >= 15 is 0 Å². The SMILES string of the molecule is CCN(CCOCCCl)c1ncccc1C(F)(F)F. The van der Waals surface area contributed by atoms with Crippen LogP contribution in [0.4, 0.5) is 19.0 Å². The molecule has 0 bridgehead atoms. The summed E-state index contributed by atoms with van der Waals surface area (Å²) in [6, 6.07) is 2.31. The molecule has 0 aliphatic heterocycles. The van der Waals surface area contributed by atoms with Crippen molar-refractivity contribution >= 4 is 17.4 Å². The molecule has 1 aromatic rings. The van der Waals surface area contributed by atoms with E-state index in [0.717, 1.165) is 6.07 Å². The molecule has 19 heavy (non-hydrogen) atoms. The van der Waals surface area contributed by atoms with Gasteiger partial charge in [0.1, 0.15) is 5.82 Å². The van der Waals surface area contributed by atoms with Crippen LogP contribution in [0.2, 0.25) is 0 Å². The normalized spacial score (nSPS) is 11.6. The molecule has 0 aliphatic carbocycles. The Hall–Kier alpha value is -1.01. The van der Waals surface area contributed by atoms with Gasteiger partial charge >= 0.3 is 6.18 Å². The molecular weight excluding hydrogens is 281 g/mol. The fraction of sp³-hybridized carbons (Fsp3) is 0.583. The molecule has 0 amide bonds. The first-order valence-corrected chi connectivity index (χ1v) is 6.45. The highest BCUT2D eigenvalue weighted by Crippen LogP contribution is 2.34. The summed E-state index contributed by atoms with van der Waals surface area (Å²) >= 11 is 5.45. The highest BCUT2D eigenvalue weighted by Gasteiger charge is 2.35. The Labute approximate surface area is 115 Å². The summed E-state index contributed by atoms with van der Waals surface area (Å²) in [7, 11) is 0. The van der Waals surface area contributed by atoms with Crippen molar-refractivity contribution in [3.8, 4) is 0 Å². The minimum atomic E-state index is -4.41. The van der Waals surface area contributed by atoms with Gasteiger partial charge in [0.2, 0.25) is 0 Å². The van der Waals surface area contributed by atoms with Crippen molar-refractivity contribution in [3.63, 3.8) is 0 Å². The second-order valence-corrected chi connectivity index (χ2v) is 4.13. The third-order valence-corrected chi connectivity index (χ3v) is 2.65. The number of ether oxygens (including phenoxy) is 1. The molecule has 7 heteroatoms. The number of anilines is 1. The van der Waals surface area contributed by atoms with Gasteiger partial charge in [-0.15, -0.1) is 11.6 Å². The van der Waals surface area contributed by atoms with Crippen LogP contribution in [0.15, 0.2) is 18.3 Å². The van der Waals surface area contributed by atoms with Crippen LogP contribution in [0.5, 0.6) is 0 Å². The number of likely N-dealkylation sites (N-methyl/N-ethyl adjacent to an activating group) is 1. The second-order valence-electron chi connectivity index (χ2n) is 3.75. The first-order chi connectivity index (χ1) is 9.00. The van der Waals surface area contributed by atoms with Gasteiger partial charge in [0.25, 0.3) is 0 Å². The Bertz CT molecular complexity index is 387. The van der Waals surface area contributed by atoms with E-state index in [4.69, 9.17) is 16.3 Å². The number of rotatable bonds is 7. The number of alkyl halides is 4. The fourth-order valence-corrected chi connectivity index (χ4v) is 1.72. The van der Waals surface area contributed by atoms with Gasteiger partial charge in [0.05, 0.1) is 18.8 Å². The molecule has 1 heterocycles. The summed E-state index contributed by atoms with van der Waals surface area (Å²) in [6.07, 6.45) is -3.05. The first-order valence-electron chi connectivity index (χ1n) is 5.91. The van der Waals surface area contributed by atoms with Crippen LogP contribution in [0.1, 0.15) is 12.5 Å². The number of nitrogens with zero attached hydrogens (tertiary/aromatic N) is 2. The molecule has 0 saturated heterocycles. The molecular formula is C12H16ClF3N2O. The van der Waals surface area contributed by atoms with Crippen LogP contribution in [-0.2, 0) is 10.9 Å². The number of halogens is 4. The van der Waals surface area contributed by atoms with Crippen LogP contribution in [-0.4, -0.2) is 37.2 Å². The van der Waals surface area contributed by atoms with Gasteiger partial charge in [0, 0.05) is 25.2 Å². The van der Waals surface area contributed by atoms with Crippen LogP contribution < -0.4 is 4.90 Å². The van der Waals surface area contributed by atoms with Crippen molar-refractivity contribution in [2.24, 2.45) is 0 Å². The van der Waals surface area contributed by atoms with E-state index in [2.05, 4.69) is 4.98 Å². The highest BCUT2D eigenvalue weighted by molar-refractivity contribution is 6.17. The van der Waals surface area contributed by atoms with Crippen LogP contribution in [0.3, 0.4) is 0 Å². The molecule has 0 radical (unpaired) electrons. The van der Waals surface area contributed by atoms with Crippen molar-refractivity contribution in [2.75, 3.05) is 37.1 Å². The Kier molecular flexibility index (Phi) is 6.37. The zero-order chi connectivity index (χ0) is 14.3. The average molecular weight is 297 g/mol. The van der Waals surface area contributed by atoms with Gasteiger partial charge in [-0.1, -0.05) is 0 Å². The lowest BCUT2D eigenvalue weighted by molar-refractivity contribution is -0.137. The number of hydrogen-bond donors (Lipinski definition) is 0. The molecule has 0 atom stereocenters. The third kappa shape index (κ3) is 4.87. The first kappa shape index (κ1) is 16.0. The monoisotopic (exact) mass is 296 g/mol. The Morgan fingerprint density at radius 3 is 2.68 bits per heavy atom. The summed E-state index contributed by atoms with van der Waals surface area (Å²) in [5, 5.41) is 0. The third-order valence-electron chi connectivity index (χ3n) is 2.50. The number of aromatic nitrogens is 1. The summed E-state index contributed by atoms with van der Waals surface area (Å²) in [5.74, 6) is 0.302. The van der Waals surface area contributed by atoms with Gasteiger partial charge in [-0.3, -0.25) is 0 Å². The van der Waals surface area contributed by atoms with E-state index in [-0.39, 0.29) is 5.82 Å². The van der Waals surface area contributed by atoms with Gasteiger partial charge in [-0.25, -0.2) is 4.98 Å². The van der Waals surface area contributed by atoms with Crippen molar-refractivity contribution in [2.45, 2.75) is 13.1 Å². The van der Waals surface area contributed by atoms with E-state index < -0.39 is 11.7 Å². The lowest BCUT2D eigenvalue weighted by Gasteiger charge is -2.24. The summed E-state index contributed by atoms with van der Waals surface area (Å²) in [4.78, 5) is 5.38. The highest BCUT2D eigenvalue weighted by atomic mass is 35.5. The van der Waals surface area contributed by atoms with Crippen LogP contribution >= 0.6 is 11.6 Å². The zero-order valence-electron chi connectivity index (χ0n) is 10.6. The molecule has 3 nitrogen and oxygen atoms in total. The largest absolute Gasteiger partial charge is 0.419 e. The summed E-state index contributed by atoms with van der Waals surface area (Å²) in [5.41, 5.74) is -0.728. The lowest BCUT2D eigenvalue weighted by Crippen LogP contribution is -2.30. The molecule has 0 fully saturated rings. The maximum absolute atomic E-state index is 12.9. The smallest absolute Gasteiger partial charge is 0.378 e. The maximum Gasteiger partial charge on any atom is 0.419 e. The number of pyridine rings is 1. The molecule has 0 aromatic carbocycles. The minimum Gasteiger partial charge on any atom is -0.378 e. The Morgan fingerprint density at radius 2 is 2.11 bits per heavy atom. The van der Waals surface area contributed by atoms with E-state index in [9.17, 15) is 13.2 Å². The fourth-order valence-electron chi connectivity index (χ4n) is 1.62. The molecule has 0 unspecified atom stereocenters. The van der Waals surface area contributed by atoms with Crippen molar-refractivity contribution in [3.05, 3.63) is 23.9 Å². The predicted molar refractivity (Wildman–Crippen MR) is 68.7 cm³/mol. The molecule has 0 spiro atoms. The van der Waals surface area contributed by atoms with E-state index in [1.54, 1.807) is 6.92 Å². The van der Waals surface area contributed by atoms with Gasteiger partial charge in [-0.2, -0.15) is 13.2 Å². The Morgan fingerprint density at radius 1 is 1.37 bits per heavy atom. The summed E-state index contributed by atoms with van der Waals surface area (Å²) in [6.45, 7) is 3.23. The molecule has 108 valence electrons. The quantitative estimate of drug-likeness (QED) is 0.571.